The van der Waals surface area contributed by atoms with Gasteiger partial charge >= 0.3 is 0 Å². The fraction of sp³-hybridized carbons (Fsp3) is 0.182. The number of nitrogens with two attached hydrogens (primary N) is 1. The van der Waals surface area contributed by atoms with Crippen molar-refractivity contribution >= 4 is 29.2 Å². The summed E-state index contributed by atoms with van der Waals surface area (Å²) in [4.78, 5) is 39.6. The third-order valence-electron chi connectivity index (χ3n) is 5.74. The molecule has 0 saturated carbocycles. The Bertz CT molecular complexity index is 1220. The number of amides is 3. The van der Waals surface area contributed by atoms with Crippen molar-refractivity contribution < 1.29 is 14.4 Å². The lowest BCUT2D eigenvalue weighted by Crippen LogP contribution is -2.48. The first-order chi connectivity index (χ1) is 14.4. The van der Waals surface area contributed by atoms with E-state index in [9.17, 15) is 14.4 Å². The number of hydrogen-bond donors (Lipinski definition) is 2. The van der Waals surface area contributed by atoms with Gasteiger partial charge in [-0.05, 0) is 30.7 Å². The zero-order valence-electron chi connectivity index (χ0n) is 16.3. The van der Waals surface area contributed by atoms with Crippen molar-refractivity contribution in [1.29, 1.82) is 0 Å². The molecule has 5 rings (SSSR count). The number of para-hydroxylation sites is 1. The molecule has 3 amide bonds. The smallest absolute Gasteiger partial charge is 0.243 e. The van der Waals surface area contributed by atoms with E-state index in [2.05, 4.69) is 10.4 Å². The van der Waals surface area contributed by atoms with Crippen molar-refractivity contribution in [2.75, 3.05) is 16.8 Å². The second-order valence-electron chi connectivity index (χ2n) is 7.66. The number of hydrogen-bond acceptors (Lipinski definition) is 4. The van der Waals surface area contributed by atoms with E-state index in [0.717, 1.165) is 11.3 Å². The third kappa shape index (κ3) is 2.40. The molecular weight excluding hydrogens is 382 g/mol. The molecule has 0 saturated heterocycles. The predicted molar refractivity (Wildman–Crippen MR) is 110 cm³/mol. The Kier molecular flexibility index (Phi) is 3.79. The first-order valence-electron chi connectivity index (χ1n) is 9.57. The van der Waals surface area contributed by atoms with Gasteiger partial charge in [0.05, 0.1) is 11.9 Å². The molecule has 150 valence electrons. The Morgan fingerprint density at radius 1 is 1.17 bits per heavy atom. The summed E-state index contributed by atoms with van der Waals surface area (Å²) in [6.07, 6.45) is 1.56. The summed E-state index contributed by atoms with van der Waals surface area (Å²) in [6, 6.07) is 14.9. The van der Waals surface area contributed by atoms with Gasteiger partial charge in [0.15, 0.2) is 0 Å². The van der Waals surface area contributed by atoms with Crippen LogP contribution in [0.3, 0.4) is 0 Å². The lowest BCUT2D eigenvalue weighted by molar-refractivity contribution is -0.127. The van der Waals surface area contributed by atoms with Gasteiger partial charge in [-0.15, -0.1) is 0 Å². The van der Waals surface area contributed by atoms with Crippen molar-refractivity contribution in [2.45, 2.75) is 18.8 Å². The predicted octanol–water partition coefficient (Wildman–Crippen LogP) is 1.64. The summed E-state index contributed by atoms with van der Waals surface area (Å²) in [5, 5.41) is 7.36. The number of nitrogens with one attached hydrogen (secondary N) is 1. The number of primary amides is 1. The van der Waals surface area contributed by atoms with Gasteiger partial charge in [0, 0.05) is 17.7 Å². The van der Waals surface area contributed by atoms with Crippen molar-refractivity contribution in [3.8, 4) is 5.69 Å². The van der Waals surface area contributed by atoms with Crippen LogP contribution in [0.4, 0.5) is 11.5 Å². The highest BCUT2D eigenvalue weighted by Crippen LogP contribution is 2.52. The summed E-state index contributed by atoms with van der Waals surface area (Å²) in [5.41, 5.74) is 7.77. The molecule has 3 N–H and O–H groups in total. The molecule has 1 atom stereocenters. The molecule has 3 aromatic rings. The molecule has 8 nitrogen and oxygen atoms in total. The van der Waals surface area contributed by atoms with Crippen molar-refractivity contribution in [3.63, 3.8) is 0 Å². The first kappa shape index (κ1) is 18.1. The van der Waals surface area contributed by atoms with E-state index < -0.39 is 11.3 Å². The van der Waals surface area contributed by atoms with Crippen LogP contribution >= 0.6 is 0 Å². The molecule has 1 spiro atoms. The number of benzene rings is 2. The van der Waals surface area contributed by atoms with Crippen LogP contribution in [0.15, 0.2) is 54.7 Å². The maximum absolute atomic E-state index is 13.7. The highest BCUT2D eigenvalue weighted by Gasteiger charge is 2.57. The summed E-state index contributed by atoms with van der Waals surface area (Å²) in [7, 11) is 0. The van der Waals surface area contributed by atoms with E-state index in [1.165, 1.54) is 4.90 Å². The second kappa shape index (κ2) is 6.28. The van der Waals surface area contributed by atoms with Gasteiger partial charge in [-0.2, -0.15) is 5.10 Å². The standard InChI is InChI=1S/C22H19N5O3/c1-13-7-8-17-15(9-13)22(21(30)26(17)12-18(23)28)10-19(29)25-20-16(22)11-24-27(20)14-5-3-2-4-6-14/h2-9,11H,10,12H2,1H3,(H2,23,28)(H,25,29)/t22-/m0/s1. The van der Waals surface area contributed by atoms with Crippen molar-refractivity contribution in [1.82, 2.24) is 9.78 Å². The van der Waals surface area contributed by atoms with Gasteiger partial charge in [0.2, 0.25) is 17.7 Å². The van der Waals surface area contributed by atoms with E-state index in [4.69, 9.17) is 5.73 Å². The molecule has 30 heavy (non-hydrogen) atoms. The number of rotatable bonds is 3. The van der Waals surface area contributed by atoms with E-state index in [-0.39, 0.29) is 24.8 Å². The zero-order valence-corrected chi connectivity index (χ0v) is 16.3. The average molecular weight is 401 g/mol. The second-order valence-corrected chi connectivity index (χ2v) is 7.66. The summed E-state index contributed by atoms with van der Waals surface area (Å²) < 4.78 is 1.62. The number of carbonyl (C=O) groups is 3. The Morgan fingerprint density at radius 3 is 2.67 bits per heavy atom. The van der Waals surface area contributed by atoms with Crippen LogP contribution in [-0.4, -0.2) is 34.0 Å². The summed E-state index contributed by atoms with van der Waals surface area (Å²) in [5.74, 6) is -0.793. The number of carbonyl (C=O) groups excluding carboxylic acids is 3. The van der Waals surface area contributed by atoms with Crippen LogP contribution in [0.1, 0.15) is 23.1 Å². The maximum atomic E-state index is 13.7. The van der Waals surface area contributed by atoms with E-state index in [1.807, 2.05) is 49.4 Å². The number of fused-ring (bicyclic) bond motifs is 4. The molecule has 3 heterocycles. The molecule has 1 aromatic heterocycles. The fourth-order valence-electron chi connectivity index (χ4n) is 4.48. The Balaban J connectivity index is 1.77. The van der Waals surface area contributed by atoms with Gasteiger partial charge < -0.3 is 16.0 Å². The van der Waals surface area contributed by atoms with E-state index in [1.54, 1.807) is 16.9 Å². The number of aromatic nitrogens is 2. The van der Waals surface area contributed by atoms with Crippen molar-refractivity contribution in [2.24, 2.45) is 5.73 Å². The molecular formula is C22H19N5O3. The van der Waals surface area contributed by atoms with Crippen LogP contribution < -0.4 is 16.0 Å². The van der Waals surface area contributed by atoms with Gasteiger partial charge in [-0.1, -0.05) is 35.9 Å². The number of anilines is 2. The fourth-order valence-corrected chi connectivity index (χ4v) is 4.48. The van der Waals surface area contributed by atoms with Crippen LogP contribution in [0, 0.1) is 6.92 Å². The van der Waals surface area contributed by atoms with Crippen molar-refractivity contribution in [3.05, 3.63) is 71.4 Å². The molecule has 2 aliphatic heterocycles. The molecule has 0 bridgehead atoms. The lowest BCUT2D eigenvalue weighted by atomic mass is 9.71. The van der Waals surface area contributed by atoms with E-state index >= 15 is 0 Å². The minimum absolute atomic E-state index is 0.0645. The molecule has 0 fully saturated rings. The zero-order chi connectivity index (χ0) is 21.0. The Labute approximate surface area is 172 Å². The number of aryl methyl sites for hydroxylation is 1. The normalized spacial score (nSPS) is 19.6. The summed E-state index contributed by atoms with van der Waals surface area (Å²) >= 11 is 0. The average Bonchev–Trinajstić information content (AvgIpc) is 3.23. The number of nitrogens with zero attached hydrogens (tertiary/aromatic N) is 3. The monoisotopic (exact) mass is 401 g/mol. The van der Waals surface area contributed by atoms with E-state index in [0.29, 0.717) is 22.6 Å². The first-order valence-corrected chi connectivity index (χ1v) is 9.57. The minimum Gasteiger partial charge on any atom is -0.368 e. The molecule has 2 aliphatic rings. The highest BCUT2D eigenvalue weighted by atomic mass is 16.2. The topological polar surface area (TPSA) is 110 Å². The van der Waals surface area contributed by atoms with Gasteiger partial charge in [-0.25, -0.2) is 4.68 Å². The third-order valence-corrected chi connectivity index (χ3v) is 5.74. The van der Waals surface area contributed by atoms with Crippen LogP contribution in [0.5, 0.6) is 0 Å². The summed E-state index contributed by atoms with van der Waals surface area (Å²) in [6.45, 7) is 1.67. The largest absolute Gasteiger partial charge is 0.368 e. The SMILES string of the molecule is Cc1ccc2c(c1)[C@]1(CC(=O)Nc3c1cnn3-c1ccccc1)C(=O)N2CC(N)=O. The molecule has 0 unspecified atom stereocenters. The molecule has 2 aromatic carbocycles. The van der Waals surface area contributed by atoms with Crippen LogP contribution in [-0.2, 0) is 19.8 Å². The Morgan fingerprint density at radius 2 is 1.93 bits per heavy atom. The van der Waals surface area contributed by atoms with Gasteiger partial charge in [-0.3, -0.25) is 14.4 Å². The quantitative estimate of drug-likeness (QED) is 0.695. The van der Waals surface area contributed by atoms with Gasteiger partial charge in [0.1, 0.15) is 17.8 Å². The van der Waals surface area contributed by atoms with Gasteiger partial charge in [0.25, 0.3) is 0 Å². The molecule has 0 aliphatic carbocycles. The minimum atomic E-state index is -1.25. The molecule has 8 heteroatoms. The Hall–Kier alpha value is -3.94. The van der Waals surface area contributed by atoms with Crippen LogP contribution in [0.25, 0.3) is 5.69 Å². The lowest BCUT2D eigenvalue weighted by Gasteiger charge is -2.32. The molecule has 0 radical (unpaired) electrons. The maximum Gasteiger partial charge on any atom is 0.243 e. The van der Waals surface area contributed by atoms with Crippen LogP contribution in [0.2, 0.25) is 0 Å². The highest BCUT2D eigenvalue weighted by molar-refractivity contribution is 6.17.